The standard InChI is InChI=1S/C16H25N/c1-11(2)10-16(13(4)14(5)17)15-9-7-6-8-12(15)3/h6-9,11,14H,10,17H2,1-5H3/b16-13+. The van der Waals surface area contributed by atoms with E-state index in [2.05, 4.69) is 58.9 Å². The van der Waals surface area contributed by atoms with Crippen molar-refractivity contribution in [1.29, 1.82) is 0 Å². The summed E-state index contributed by atoms with van der Waals surface area (Å²) in [5, 5.41) is 0. The molecule has 0 amide bonds. The third kappa shape index (κ3) is 3.71. The minimum atomic E-state index is 0.128. The molecule has 2 N–H and O–H groups in total. The van der Waals surface area contributed by atoms with Crippen molar-refractivity contribution in [2.24, 2.45) is 11.7 Å². The van der Waals surface area contributed by atoms with Gasteiger partial charge in [0.1, 0.15) is 0 Å². The maximum atomic E-state index is 6.04. The van der Waals surface area contributed by atoms with Crippen LogP contribution in [0.25, 0.3) is 5.57 Å². The van der Waals surface area contributed by atoms with Crippen LogP contribution in [0.15, 0.2) is 29.8 Å². The van der Waals surface area contributed by atoms with Crippen molar-refractivity contribution in [3.05, 3.63) is 41.0 Å². The van der Waals surface area contributed by atoms with Crippen LogP contribution in [0.3, 0.4) is 0 Å². The van der Waals surface area contributed by atoms with Crippen LogP contribution in [-0.4, -0.2) is 6.04 Å². The van der Waals surface area contributed by atoms with Crippen LogP contribution < -0.4 is 5.73 Å². The molecule has 1 nitrogen and oxygen atoms in total. The van der Waals surface area contributed by atoms with E-state index < -0.39 is 0 Å². The highest BCUT2D eigenvalue weighted by Gasteiger charge is 2.12. The maximum Gasteiger partial charge on any atom is 0.0228 e. The topological polar surface area (TPSA) is 26.0 Å². The molecular formula is C16H25N. The molecule has 1 rings (SSSR count). The molecule has 0 aliphatic heterocycles. The van der Waals surface area contributed by atoms with Gasteiger partial charge in [-0.05, 0) is 49.8 Å². The van der Waals surface area contributed by atoms with E-state index in [4.69, 9.17) is 5.73 Å². The highest BCUT2D eigenvalue weighted by molar-refractivity contribution is 5.71. The van der Waals surface area contributed by atoms with E-state index in [0.29, 0.717) is 5.92 Å². The molecule has 0 aliphatic rings. The molecule has 1 unspecified atom stereocenters. The van der Waals surface area contributed by atoms with Crippen LogP contribution in [-0.2, 0) is 0 Å². The highest BCUT2D eigenvalue weighted by atomic mass is 14.6. The van der Waals surface area contributed by atoms with E-state index in [1.165, 1.54) is 22.3 Å². The van der Waals surface area contributed by atoms with Gasteiger partial charge < -0.3 is 5.73 Å². The van der Waals surface area contributed by atoms with Crippen molar-refractivity contribution >= 4 is 5.57 Å². The molecule has 1 aromatic carbocycles. The van der Waals surface area contributed by atoms with Gasteiger partial charge in [-0.1, -0.05) is 43.7 Å². The second kappa shape index (κ2) is 6.02. The lowest BCUT2D eigenvalue weighted by Crippen LogP contribution is -2.18. The third-order valence-corrected chi connectivity index (χ3v) is 3.24. The fourth-order valence-corrected chi connectivity index (χ4v) is 2.08. The summed E-state index contributed by atoms with van der Waals surface area (Å²) in [5.74, 6) is 0.651. The van der Waals surface area contributed by atoms with Crippen molar-refractivity contribution in [3.8, 4) is 0 Å². The molecule has 0 fully saturated rings. The zero-order valence-electron chi connectivity index (χ0n) is 11.7. The van der Waals surface area contributed by atoms with E-state index in [-0.39, 0.29) is 6.04 Å². The fraction of sp³-hybridized carbons (Fsp3) is 0.500. The zero-order chi connectivity index (χ0) is 13.0. The van der Waals surface area contributed by atoms with Gasteiger partial charge >= 0.3 is 0 Å². The monoisotopic (exact) mass is 231 g/mol. The molecule has 0 saturated carbocycles. The molecule has 17 heavy (non-hydrogen) atoms. The summed E-state index contributed by atoms with van der Waals surface area (Å²) in [6, 6.07) is 8.70. The molecule has 0 aliphatic carbocycles. The molecule has 1 atom stereocenters. The largest absolute Gasteiger partial charge is 0.324 e. The van der Waals surface area contributed by atoms with Crippen molar-refractivity contribution in [2.75, 3.05) is 0 Å². The Labute approximate surface area is 106 Å². The molecule has 0 bridgehead atoms. The maximum absolute atomic E-state index is 6.04. The first kappa shape index (κ1) is 14.0. The van der Waals surface area contributed by atoms with Gasteiger partial charge in [-0.15, -0.1) is 0 Å². The molecule has 94 valence electrons. The number of rotatable bonds is 4. The lowest BCUT2D eigenvalue weighted by molar-refractivity contribution is 0.667. The van der Waals surface area contributed by atoms with Crippen LogP contribution in [0.4, 0.5) is 0 Å². The Morgan fingerprint density at radius 2 is 1.76 bits per heavy atom. The Morgan fingerprint density at radius 3 is 2.24 bits per heavy atom. The van der Waals surface area contributed by atoms with E-state index in [9.17, 15) is 0 Å². The van der Waals surface area contributed by atoms with E-state index >= 15 is 0 Å². The first-order chi connectivity index (χ1) is 7.93. The molecule has 0 heterocycles. The predicted octanol–water partition coefficient (Wildman–Crippen LogP) is 4.16. The minimum Gasteiger partial charge on any atom is -0.324 e. The smallest absolute Gasteiger partial charge is 0.0228 e. The Balaban J connectivity index is 3.25. The minimum absolute atomic E-state index is 0.128. The lowest BCUT2D eigenvalue weighted by atomic mass is 9.88. The van der Waals surface area contributed by atoms with Gasteiger partial charge in [-0.25, -0.2) is 0 Å². The number of allylic oxidation sites excluding steroid dienone is 1. The van der Waals surface area contributed by atoms with E-state index in [1.54, 1.807) is 0 Å². The number of benzene rings is 1. The van der Waals surface area contributed by atoms with Gasteiger partial charge in [0.25, 0.3) is 0 Å². The molecule has 1 aromatic rings. The summed E-state index contributed by atoms with van der Waals surface area (Å²) in [6.07, 6.45) is 1.10. The van der Waals surface area contributed by atoms with Gasteiger partial charge in [0.15, 0.2) is 0 Å². The van der Waals surface area contributed by atoms with Gasteiger partial charge in [0.05, 0.1) is 0 Å². The summed E-state index contributed by atoms with van der Waals surface area (Å²) >= 11 is 0. The number of hydrogen-bond acceptors (Lipinski definition) is 1. The van der Waals surface area contributed by atoms with Gasteiger partial charge in [0.2, 0.25) is 0 Å². The SMILES string of the molecule is C/C(=C(/CC(C)C)c1ccccc1C)C(C)N. The van der Waals surface area contributed by atoms with Crippen LogP contribution in [0, 0.1) is 12.8 Å². The quantitative estimate of drug-likeness (QED) is 0.827. The van der Waals surface area contributed by atoms with E-state index in [0.717, 1.165) is 6.42 Å². The number of aryl methyl sites for hydroxylation is 1. The number of hydrogen-bond donors (Lipinski definition) is 1. The van der Waals surface area contributed by atoms with E-state index in [1.807, 2.05) is 0 Å². The second-order valence-electron chi connectivity index (χ2n) is 5.36. The zero-order valence-corrected chi connectivity index (χ0v) is 11.7. The summed E-state index contributed by atoms with van der Waals surface area (Å²) in [6.45, 7) is 10.9. The summed E-state index contributed by atoms with van der Waals surface area (Å²) in [4.78, 5) is 0. The van der Waals surface area contributed by atoms with Gasteiger partial charge in [-0.3, -0.25) is 0 Å². The number of nitrogens with two attached hydrogens (primary N) is 1. The van der Waals surface area contributed by atoms with Crippen molar-refractivity contribution < 1.29 is 0 Å². The second-order valence-corrected chi connectivity index (χ2v) is 5.36. The normalized spacial score (nSPS) is 14.8. The third-order valence-electron chi connectivity index (χ3n) is 3.24. The Morgan fingerprint density at radius 1 is 1.18 bits per heavy atom. The lowest BCUT2D eigenvalue weighted by Gasteiger charge is -2.19. The van der Waals surface area contributed by atoms with Crippen molar-refractivity contribution in [2.45, 2.75) is 47.1 Å². The van der Waals surface area contributed by atoms with Crippen molar-refractivity contribution in [1.82, 2.24) is 0 Å². The predicted molar refractivity (Wildman–Crippen MR) is 76.9 cm³/mol. The molecule has 0 aromatic heterocycles. The van der Waals surface area contributed by atoms with Crippen molar-refractivity contribution in [3.63, 3.8) is 0 Å². The Kier molecular flexibility index (Phi) is 4.95. The molecule has 1 heteroatoms. The van der Waals surface area contributed by atoms with Gasteiger partial charge in [-0.2, -0.15) is 0 Å². The average molecular weight is 231 g/mol. The summed E-state index contributed by atoms with van der Waals surface area (Å²) < 4.78 is 0. The Hall–Kier alpha value is -1.08. The van der Waals surface area contributed by atoms with Crippen LogP contribution in [0.5, 0.6) is 0 Å². The summed E-state index contributed by atoms with van der Waals surface area (Å²) in [5.41, 5.74) is 11.5. The van der Waals surface area contributed by atoms with Crippen LogP contribution >= 0.6 is 0 Å². The molecule has 0 radical (unpaired) electrons. The van der Waals surface area contributed by atoms with Gasteiger partial charge in [0, 0.05) is 6.04 Å². The average Bonchev–Trinajstić information content (AvgIpc) is 2.25. The van der Waals surface area contributed by atoms with Crippen LogP contribution in [0.2, 0.25) is 0 Å². The molecule has 0 spiro atoms. The molecule has 0 saturated heterocycles. The molecular weight excluding hydrogens is 206 g/mol. The van der Waals surface area contributed by atoms with Crippen LogP contribution in [0.1, 0.15) is 45.2 Å². The highest BCUT2D eigenvalue weighted by Crippen LogP contribution is 2.29. The summed E-state index contributed by atoms with van der Waals surface area (Å²) in [7, 11) is 0. The first-order valence-corrected chi connectivity index (χ1v) is 6.44. The Bertz CT molecular complexity index is 400. The first-order valence-electron chi connectivity index (χ1n) is 6.44. The fourth-order valence-electron chi connectivity index (χ4n) is 2.08.